The minimum Gasteiger partial charge on any atom is -0.465 e. The molecule has 0 saturated heterocycles. The van der Waals surface area contributed by atoms with Crippen LogP contribution in [0, 0.1) is 0 Å². The molecule has 0 N–H and O–H groups in total. The summed E-state index contributed by atoms with van der Waals surface area (Å²) in [6.07, 6.45) is 0.541. The van der Waals surface area contributed by atoms with Crippen LogP contribution in [0.3, 0.4) is 0 Å². The number of para-hydroxylation sites is 1. The molecule has 0 aliphatic heterocycles. The van der Waals surface area contributed by atoms with E-state index in [1.807, 2.05) is 30.3 Å². The van der Waals surface area contributed by atoms with Crippen molar-refractivity contribution in [2.24, 2.45) is 0 Å². The predicted molar refractivity (Wildman–Crippen MR) is 109 cm³/mol. The molecule has 3 aromatic rings. The minimum atomic E-state index is -0.252. The summed E-state index contributed by atoms with van der Waals surface area (Å²) in [7, 11) is 3.30. The first-order chi connectivity index (χ1) is 12.6. The van der Waals surface area contributed by atoms with Crippen LogP contribution in [0.2, 0.25) is 0 Å². The first kappa shape index (κ1) is 19.4. The van der Waals surface area contributed by atoms with Crippen molar-refractivity contribution in [1.29, 1.82) is 0 Å². The molecule has 1 unspecified atom stereocenters. The molecule has 0 saturated carbocycles. The Morgan fingerprint density at radius 3 is 2.38 bits per heavy atom. The molecule has 1 heterocycles. The molecule has 1 aromatic heterocycles. The van der Waals surface area contributed by atoms with Crippen LogP contribution < -0.4 is 4.74 Å². The maximum atomic E-state index is 6.05. The van der Waals surface area contributed by atoms with Crippen molar-refractivity contribution in [3.63, 3.8) is 0 Å². The fraction of sp³-hybridized carbons (Fsp3) is 0.300. The van der Waals surface area contributed by atoms with E-state index in [0.29, 0.717) is 5.75 Å². The van der Waals surface area contributed by atoms with Crippen LogP contribution in [0.4, 0.5) is 0 Å². The van der Waals surface area contributed by atoms with Gasteiger partial charge in [-0.1, -0.05) is 25.1 Å². The van der Waals surface area contributed by atoms with E-state index in [4.69, 9.17) is 18.6 Å². The van der Waals surface area contributed by atoms with Gasteiger partial charge in [0, 0.05) is 31.6 Å². The average molecular weight is 484 g/mol. The van der Waals surface area contributed by atoms with Gasteiger partial charge in [0.15, 0.2) is 12.5 Å². The van der Waals surface area contributed by atoms with Crippen molar-refractivity contribution in [3.8, 4) is 5.75 Å². The van der Waals surface area contributed by atoms with Gasteiger partial charge in [-0.2, -0.15) is 0 Å². The van der Waals surface area contributed by atoms with E-state index < -0.39 is 0 Å². The molecule has 4 nitrogen and oxygen atoms in total. The molecule has 1 atom stereocenters. The summed E-state index contributed by atoms with van der Waals surface area (Å²) in [6, 6.07) is 12.1. The lowest BCUT2D eigenvalue weighted by molar-refractivity contribution is 0.0499. The van der Waals surface area contributed by atoms with E-state index in [-0.39, 0.29) is 12.9 Å². The zero-order valence-electron chi connectivity index (χ0n) is 14.8. The second-order valence-electron chi connectivity index (χ2n) is 5.77. The molecule has 0 spiro atoms. The normalized spacial score (nSPS) is 12.5. The van der Waals surface area contributed by atoms with Gasteiger partial charge >= 0.3 is 0 Å². The third-order valence-electron chi connectivity index (χ3n) is 4.17. The van der Waals surface area contributed by atoms with Gasteiger partial charge in [-0.05, 0) is 55.6 Å². The Balaban J connectivity index is 2.10. The molecule has 26 heavy (non-hydrogen) atoms. The highest BCUT2D eigenvalue weighted by Crippen LogP contribution is 2.41. The summed E-state index contributed by atoms with van der Waals surface area (Å²) in [5.74, 6) is 1.63. The summed E-state index contributed by atoms with van der Waals surface area (Å²) < 4.78 is 24.2. The SMILES string of the molecule is CCc1oc2ccccc2c1C(OC)c1cc(Br)c(OCOC)c(Br)c1. The predicted octanol–water partition coefficient (Wildman–Crippen LogP) is 6.24. The van der Waals surface area contributed by atoms with E-state index in [0.717, 1.165) is 43.2 Å². The Morgan fingerprint density at radius 1 is 1.08 bits per heavy atom. The molecule has 3 rings (SSSR count). The number of furan rings is 1. The molecule has 0 radical (unpaired) electrons. The Bertz CT molecular complexity index is 881. The molecule has 0 bridgehead atoms. The van der Waals surface area contributed by atoms with Crippen LogP contribution in [0.1, 0.15) is 29.9 Å². The summed E-state index contributed by atoms with van der Waals surface area (Å²) in [6.45, 7) is 2.26. The van der Waals surface area contributed by atoms with Crippen LogP contribution >= 0.6 is 31.9 Å². The van der Waals surface area contributed by atoms with E-state index in [1.54, 1.807) is 14.2 Å². The second-order valence-corrected chi connectivity index (χ2v) is 7.48. The lowest BCUT2D eigenvalue weighted by Crippen LogP contribution is -2.07. The van der Waals surface area contributed by atoms with Crippen LogP contribution in [0.5, 0.6) is 5.75 Å². The molecule has 0 amide bonds. The van der Waals surface area contributed by atoms with Crippen LogP contribution in [-0.4, -0.2) is 21.0 Å². The Hall–Kier alpha value is -1.34. The lowest BCUT2D eigenvalue weighted by atomic mass is 9.97. The van der Waals surface area contributed by atoms with Gasteiger partial charge in [0.2, 0.25) is 0 Å². The molecule has 0 aliphatic rings. The Kier molecular flexibility index (Phi) is 6.40. The van der Waals surface area contributed by atoms with Gasteiger partial charge < -0.3 is 18.6 Å². The number of aryl methyl sites for hydroxylation is 1. The number of fused-ring (bicyclic) bond motifs is 1. The Morgan fingerprint density at radius 2 is 1.77 bits per heavy atom. The zero-order valence-corrected chi connectivity index (χ0v) is 18.0. The van der Waals surface area contributed by atoms with E-state index in [9.17, 15) is 0 Å². The number of rotatable bonds is 7. The van der Waals surface area contributed by atoms with Gasteiger partial charge in [0.1, 0.15) is 17.4 Å². The van der Waals surface area contributed by atoms with Gasteiger partial charge in [0.25, 0.3) is 0 Å². The quantitative estimate of drug-likeness (QED) is 0.373. The van der Waals surface area contributed by atoms with Gasteiger partial charge in [-0.25, -0.2) is 0 Å². The Labute approximate surface area is 169 Å². The standard InChI is InChI=1S/C20H20Br2O4/c1-4-16-18(13-7-5-6-8-17(13)26-16)19(24-3)12-9-14(21)20(15(22)10-12)25-11-23-2/h5-10,19H,4,11H2,1-3H3. The maximum absolute atomic E-state index is 6.05. The van der Waals surface area contributed by atoms with Gasteiger partial charge in [-0.15, -0.1) is 0 Å². The smallest absolute Gasteiger partial charge is 0.188 e. The molecule has 0 fully saturated rings. The van der Waals surface area contributed by atoms with Crippen molar-refractivity contribution in [3.05, 3.63) is 62.2 Å². The number of hydrogen-bond acceptors (Lipinski definition) is 4. The van der Waals surface area contributed by atoms with Crippen LogP contribution in [-0.2, 0) is 15.9 Å². The lowest BCUT2D eigenvalue weighted by Gasteiger charge is -2.19. The van der Waals surface area contributed by atoms with Crippen molar-refractivity contribution in [2.45, 2.75) is 19.4 Å². The van der Waals surface area contributed by atoms with Gasteiger partial charge in [-0.3, -0.25) is 0 Å². The molecular weight excluding hydrogens is 464 g/mol. The third-order valence-corrected chi connectivity index (χ3v) is 5.35. The topological polar surface area (TPSA) is 40.8 Å². The highest BCUT2D eigenvalue weighted by Gasteiger charge is 2.25. The average Bonchev–Trinajstić information content (AvgIpc) is 3.00. The van der Waals surface area contributed by atoms with Crippen LogP contribution in [0.15, 0.2) is 49.8 Å². The first-order valence-corrected chi connectivity index (χ1v) is 9.83. The first-order valence-electron chi connectivity index (χ1n) is 8.24. The highest BCUT2D eigenvalue weighted by molar-refractivity contribution is 9.11. The van der Waals surface area contributed by atoms with E-state index >= 15 is 0 Å². The fourth-order valence-corrected chi connectivity index (χ4v) is 4.52. The summed E-state index contributed by atoms with van der Waals surface area (Å²) in [5, 5.41) is 1.07. The number of hydrogen-bond donors (Lipinski definition) is 0. The second kappa shape index (κ2) is 8.57. The van der Waals surface area contributed by atoms with Gasteiger partial charge in [0.05, 0.1) is 8.95 Å². The van der Waals surface area contributed by atoms with Crippen molar-refractivity contribution in [1.82, 2.24) is 0 Å². The zero-order chi connectivity index (χ0) is 18.7. The number of halogens is 2. The largest absolute Gasteiger partial charge is 0.465 e. The number of methoxy groups -OCH3 is 2. The fourth-order valence-electron chi connectivity index (χ4n) is 3.07. The van der Waals surface area contributed by atoms with Crippen molar-refractivity contribution < 1.29 is 18.6 Å². The number of ether oxygens (including phenoxy) is 3. The van der Waals surface area contributed by atoms with E-state index in [2.05, 4.69) is 44.8 Å². The monoisotopic (exact) mass is 482 g/mol. The molecule has 6 heteroatoms. The number of benzene rings is 2. The minimum absolute atomic E-state index is 0.177. The van der Waals surface area contributed by atoms with Crippen molar-refractivity contribution >= 4 is 42.8 Å². The summed E-state index contributed by atoms with van der Waals surface area (Å²) >= 11 is 7.17. The van der Waals surface area contributed by atoms with Crippen molar-refractivity contribution in [2.75, 3.05) is 21.0 Å². The molecule has 0 aliphatic carbocycles. The maximum Gasteiger partial charge on any atom is 0.188 e. The summed E-state index contributed by atoms with van der Waals surface area (Å²) in [5.41, 5.74) is 2.94. The molecule has 138 valence electrons. The van der Waals surface area contributed by atoms with Crippen LogP contribution in [0.25, 0.3) is 11.0 Å². The van der Waals surface area contributed by atoms with E-state index in [1.165, 1.54) is 0 Å². The molecule has 2 aromatic carbocycles. The highest BCUT2D eigenvalue weighted by atomic mass is 79.9. The summed E-state index contributed by atoms with van der Waals surface area (Å²) in [4.78, 5) is 0. The third kappa shape index (κ3) is 3.69. The molecular formula is C20H20Br2O4.